The fraction of sp³-hybridized carbons (Fsp3) is 0.389. The Morgan fingerprint density at radius 2 is 1.86 bits per heavy atom. The average Bonchev–Trinajstić information content (AvgIpc) is 2.64. The highest BCUT2D eigenvalue weighted by Gasteiger charge is 2.30. The van der Waals surface area contributed by atoms with E-state index in [1.165, 1.54) is 26.4 Å². The van der Waals surface area contributed by atoms with Gasteiger partial charge in [-0.3, -0.25) is 0 Å². The predicted molar refractivity (Wildman–Crippen MR) is 99.6 cm³/mol. The molecule has 2 N–H and O–H groups in total. The molecular weight excluding hydrogens is 392 g/mol. The Morgan fingerprint density at radius 1 is 1.14 bits per heavy atom. The van der Waals surface area contributed by atoms with Crippen LogP contribution in [-0.2, 0) is 14.3 Å². The fourth-order valence-corrected chi connectivity index (χ4v) is 2.94. The fourth-order valence-electron chi connectivity index (χ4n) is 2.65. The van der Waals surface area contributed by atoms with Gasteiger partial charge < -0.3 is 29.6 Å². The Balaban J connectivity index is 2.24. The molecule has 0 radical (unpaired) electrons. The van der Waals surface area contributed by atoms with E-state index in [0.717, 1.165) is 0 Å². The van der Waals surface area contributed by atoms with Crippen molar-refractivity contribution >= 4 is 29.6 Å². The number of ether oxygens (including phenoxy) is 4. The van der Waals surface area contributed by atoms with Crippen LogP contribution in [0.15, 0.2) is 23.4 Å². The van der Waals surface area contributed by atoms with Crippen LogP contribution in [0.1, 0.15) is 24.2 Å². The summed E-state index contributed by atoms with van der Waals surface area (Å²) in [5.41, 5.74) is 0.448. The molecule has 9 nitrogen and oxygen atoms in total. The minimum atomic E-state index is -0.723. The molecule has 1 aliphatic rings. The maximum atomic E-state index is 12.4. The second-order valence-electron chi connectivity index (χ2n) is 5.70. The quantitative estimate of drug-likeness (QED) is 0.659. The molecule has 0 bridgehead atoms. The van der Waals surface area contributed by atoms with E-state index >= 15 is 0 Å². The number of nitrogens with one attached hydrogen (secondary N) is 2. The third kappa shape index (κ3) is 4.66. The molecule has 0 saturated heterocycles. The van der Waals surface area contributed by atoms with Crippen molar-refractivity contribution in [3.8, 4) is 11.5 Å². The van der Waals surface area contributed by atoms with Crippen molar-refractivity contribution in [2.75, 3.05) is 27.4 Å². The standard InChI is InChI=1S/C18H21ClN2O7/c1-5-27-17(23)14-9(2)20-18(24)21-12(14)8-28-16(22)10-6-11(19)15(26-4)13(7-10)25-3/h6-7,9H,5,8H2,1-4H3,(H2,20,21,24). The van der Waals surface area contributed by atoms with Crippen LogP contribution in [0.25, 0.3) is 0 Å². The van der Waals surface area contributed by atoms with Crippen molar-refractivity contribution < 1.29 is 33.3 Å². The number of methoxy groups -OCH3 is 2. The van der Waals surface area contributed by atoms with Crippen LogP contribution in [-0.4, -0.2) is 51.4 Å². The average molecular weight is 413 g/mol. The molecule has 1 aliphatic heterocycles. The van der Waals surface area contributed by atoms with Gasteiger partial charge in [-0.1, -0.05) is 11.6 Å². The molecule has 10 heteroatoms. The van der Waals surface area contributed by atoms with Gasteiger partial charge in [0.05, 0.1) is 48.7 Å². The summed E-state index contributed by atoms with van der Waals surface area (Å²) in [5.74, 6) is -0.786. The van der Waals surface area contributed by atoms with Crippen LogP contribution < -0.4 is 20.1 Å². The van der Waals surface area contributed by atoms with Crippen LogP contribution in [0.3, 0.4) is 0 Å². The lowest BCUT2D eigenvalue weighted by molar-refractivity contribution is -0.139. The Bertz CT molecular complexity index is 822. The van der Waals surface area contributed by atoms with E-state index in [1.807, 2.05) is 0 Å². The van der Waals surface area contributed by atoms with Crippen molar-refractivity contribution in [3.05, 3.63) is 34.0 Å². The van der Waals surface area contributed by atoms with E-state index in [-0.39, 0.29) is 46.6 Å². The zero-order valence-electron chi connectivity index (χ0n) is 15.9. The van der Waals surface area contributed by atoms with Crippen LogP contribution in [0.5, 0.6) is 11.5 Å². The van der Waals surface area contributed by atoms with Gasteiger partial charge in [0.2, 0.25) is 0 Å². The Kier molecular flexibility index (Phi) is 7.11. The molecule has 28 heavy (non-hydrogen) atoms. The summed E-state index contributed by atoms with van der Waals surface area (Å²) in [7, 11) is 2.83. The monoisotopic (exact) mass is 412 g/mol. The number of esters is 2. The summed E-state index contributed by atoms with van der Waals surface area (Å²) in [6.07, 6.45) is 0. The van der Waals surface area contributed by atoms with Crippen LogP contribution >= 0.6 is 11.6 Å². The van der Waals surface area contributed by atoms with E-state index in [2.05, 4.69) is 10.6 Å². The normalized spacial score (nSPS) is 16.0. The molecule has 152 valence electrons. The van der Waals surface area contributed by atoms with Gasteiger partial charge in [0.15, 0.2) is 11.5 Å². The molecule has 1 heterocycles. The summed E-state index contributed by atoms with van der Waals surface area (Å²) in [6, 6.07) is 1.67. The third-order valence-corrected chi connectivity index (χ3v) is 4.16. The molecule has 0 aliphatic carbocycles. The molecular formula is C18H21ClN2O7. The molecule has 1 aromatic carbocycles. The number of rotatable bonds is 7. The number of amides is 2. The van der Waals surface area contributed by atoms with E-state index in [1.54, 1.807) is 13.8 Å². The molecule has 1 atom stereocenters. The van der Waals surface area contributed by atoms with Crippen molar-refractivity contribution in [2.24, 2.45) is 0 Å². The molecule has 0 saturated carbocycles. The van der Waals surface area contributed by atoms with Gasteiger partial charge in [-0.25, -0.2) is 14.4 Å². The van der Waals surface area contributed by atoms with E-state index < -0.39 is 24.0 Å². The summed E-state index contributed by atoms with van der Waals surface area (Å²) < 4.78 is 20.5. The zero-order chi connectivity index (χ0) is 20.8. The lowest BCUT2D eigenvalue weighted by Gasteiger charge is -2.26. The number of hydrogen-bond acceptors (Lipinski definition) is 7. The molecule has 0 spiro atoms. The van der Waals surface area contributed by atoms with Gasteiger partial charge in [0.1, 0.15) is 6.61 Å². The van der Waals surface area contributed by atoms with Gasteiger partial charge in [0.25, 0.3) is 0 Å². The number of carbonyl (C=O) groups is 3. The lowest BCUT2D eigenvalue weighted by Crippen LogP contribution is -2.50. The van der Waals surface area contributed by atoms with Gasteiger partial charge in [-0.15, -0.1) is 0 Å². The smallest absolute Gasteiger partial charge is 0.338 e. The molecule has 2 amide bonds. The molecule has 1 unspecified atom stereocenters. The van der Waals surface area contributed by atoms with E-state index in [9.17, 15) is 14.4 Å². The molecule has 0 aromatic heterocycles. The third-order valence-electron chi connectivity index (χ3n) is 3.88. The number of carbonyl (C=O) groups excluding carboxylic acids is 3. The summed E-state index contributed by atoms with van der Waals surface area (Å²) in [4.78, 5) is 36.3. The predicted octanol–water partition coefficient (Wildman–Crippen LogP) is 2.03. The first-order valence-electron chi connectivity index (χ1n) is 8.38. The highest BCUT2D eigenvalue weighted by molar-refractivity contribution is 6.32. The largest absolute Gasteiger partial charge is 0.493 e. The topological polar surface area (TPSA) is 112 Å². The van der Waals surface area contributed by atoms with E-state index in [4.69, 9.17) is 30.5 Å². The first-order valence-corrected chi connectivity index (χ1v) is 8.76. The maximum Gasteiger partial charge on any atom is 0.338 e. The van der Waals surface area contributed by atoms with Gasteiger partial charge in [-0.2, -0.15) is 0 Å². The van der Waals surface area contributed by atoms with Gasteiger partial charge in [-0.05, 0) is 26.0 Å². The SMILES string of the molecule is CCOC(=O)C1=C(COC(=O)c2cc(Cl)c(OC)c(OC)c2)NC(=O)NC1C. The van der Waals surface area contributed by atoms with Crippen molar-refractivity contribution in [1.82, 2.24) is 10.6 Å². The second-order valence-corrected chi connectivity index (χ2v) is 6.11. The number of benzene rings is 1. The van der Waals surface area contributed by atoms with Crippen molar-refractivity contribution in [3.63, 3.8) is 0 Å². The summed E-state index contributed by atoms with van der Waals surface area (Å²) >= 11 is 6.10. The maximum absolute atomic E-state index is 12.4. The lowest BCUT2D eigenvalue weighted by atomic mass is 10.0. The Hall–Kier alpha value is -2.94. The number of halogens is 1. The second kappa shape index (κ2) is 9.32. The van der Waals surface area contributed by atoms with Crippen LogP contribution in [0, 0.1) is 0 Å². The highest BCUT2D eigenvalue weighted by Crippen LogP contribution is 2.36. The van der Waals surface area contributed by atoms with Crippen molar-refractivity contribution in [1.29, 1.82) is 0 Å². The number of urea groups is 1. The minimum absolute atomic E-state index is 0.120. The van der Waals surface area contributed by atoms with Crippen molar-refractivity contribution in [2.45, 2.75) is 19.9 Å². The van der Waals surface area contributed by atoms with Crippen LogP contribution in [0.4, 0.5) is 4.79 Å². The Labute approximate surface area is 166 Å². The summed E-state index contributed by atoms with van der Waals surface area (Å²) in [5, 5.41) is 5.20. The molecule has 2 rings (SSSR count). The van der Waals surface area contributed by atoms with E-state index in [0.29, 0.717) is 0 Å². The number of hydrogen-bond donors (Lipinski definition) is 2. The highest BCUT2D eigenvalue weighted by atomic mass is 35.5. The molecule has 1 aromatic rings. The Morgan fingerprint density at radius 3 is 2.46 bits per heavy atom. The molecule has 0 fully saturated rings. The van der Waals surface area contributed by atoms with Gasteiger partial charge >= 0.3 is 18.0 Å². The first-order chi connectivity index (χ1) is 13.3. The summed E-state index contributed by atoms with van der Waals surface area (Å²) in [6.45, 7) is 3.12. The van der Waals surface area contributed by atoms with Gasteiger partial charge in [0, 0.05) is 0 Å². The first kappa shape index (κ1) is 21.4. The zero-order valence-corrected chi connectivity index (χ0v) is 16.6. The van der Waals surface area contributed by atoms with Crippen LogP contribution in [0.2, 0.25) is 5.02 Å². The minimum Gasteiger partial charge on any atom is -0.493 e.